The minimum absolute atomic E-state index is 0.103. The van der Waals surface area contributed by atoms with Crippen LogP contribution in [-0.4, -0.2) is 0 Å². The van der Waals surface area contributed by atoms with Crippen molar-refractivity contribution in [2.75, 3.05) is 5.32 Å². The van der Waals surface area contributed by atoms with E-state index in [1.54, 1.807) is 18.2 Å². The van der Waals surface area contributed by atoms with E-state index in [2.05, 4.69) is 5.32 Å². The number of halogens is 4. The third kappa shape index (κ3) is 3.12. The van der Waals surface area contributed by atoms with Crippen molar-refractivity contribution in [1.29, 1.82) is 0 Å². The molecule has 1 nitrogen and oxygen atoms in total. The first-order chi connectivity index (χ1) is 8.56. The van der Waals surface area contributed by atoms with E-state index in [9.17, 15) is 8.78 Å². The third-order valence-electron chi connectivity index (χ3n) is 2.36. The number of nitrogens with one attached hydrogen (secondary N) is 1. The quantitative estimate of drug-likeness (QED) is 0.848. The maximum Gasteiger partial charge on any atom is 0.181 e. The summed E-state index contributed by atoms with van der Waals surface area (Å²) >= 11 is 11.7. The van der Waals surface area contributed by atoms with E-state index in [0.717, 1.165) is 11.6 Å². The monoisotopic (exact) mass is 287 g/mol. The van der Waals surface area contributed by atoms with Crippen molar-refractivity contribution in [1.82, 2.24) is 0 Å². The molecule has 0 amide bonds. The first-order valence-electron chi connectivity index (χ1n) is 5.19. The van der Waals surface area contributed by atoms with Gasteiger partial charge < -0.3 is 5.32 Å². The van der Waals surface area contributed by atoms with Crippen LogP contribution in [0.5, 0.6) is 0 Å². The van der Waals surface area contributed by atoms with Crippen molar-refractivity contribution in [3.05, 3.63) is 63.6 Å². The highest BCUT2D eigenvalue weighted by atomic mass is 35.5. The topological polar surface area (TPSA) is 12.0 Å². The molecule has 0 bridgehead atoms. The van der Waals surface area contributed by atoms with Crippen LogP contribution >= 0.6 is 23.2 Å². The number of rotatable bonds is 3. The van der Waals surface area contributed by atoms with E-state index in [-0.39, 0.29) is 5.69 Å². The Balaban J connectivity index is 2.14. The molecule has 0 fully saturated rings. The van der Waals surface area contributed by atoms with Crippen LogP contribution in [0.3, 0.4) is 0 Å². The Morgan fingerprint density at radius 3 is 2.33 bits per heavy atom. The zero-order valence-electron chi connectivity index (χ0n) is 9.18. The molecule has 0 radical (unpaired) electrons. The smallest absolute Gasteiger partial charge is 0.181 e. The summed E-state index contributed by atoms with van der Waals surface area (Å²) in [5.74, 6) is -1.78. The Morgan fingerprint density at radius 2 is 1.67 bits per heavy atom. The fourth-order valence-electron chi connectivity index (χ4n) is 1.55. The zero-order chi connectivity index (χ0) is 13.1. The van der Waals surface area contributed by atoms with E-state index in [1.165, 1.54) is 12.1 Å². The van der Waals surface area contributed by atoms with Crippen LogP contribution in [0.4, 0.5) is 14.5 Å². The molecule has 0 aromatic heterocycles. The summed E-state index contributed by atoms with van der Waals surface area (Å²) in [5.41, 5.74) is 0.891. The molecule has 18 heavy (non-hydrogen) atoms. The Morgan fingerprint density at radius 1 is 1.00 bits per heavy atom. The van der Waals surface area contributed by atoms with Crippen molar-refractivity contribution in [2.24, 2.45) is 0 Å². The van der Waals surface area contributed by atoms with Gasteiger partial charge in [-0.15, -0.1) is 0 Å². The van der Waals surface area contributed by atoms with Gasteiger partial charge in [0.25, 0.3) is 0 Å². The number of hydrogen-bond acceptors (Lipinski definition) is 1. The van der Waals surface area contributed by atoms with Gasteiger partial charge in [-0.05, 0) is 35.9 Å². The van der Waals surface area contributed by atoms with Gasteiger partial charge in [0.05, 0.1) is 5.69 Å². The summed E-state index contributed by atoms with van der Waals surface area (Å²) in [7, 11) is 0. The van der Waals surface area contributed by atoms with Gasteiger partial charge in [0.1, 0.15) is 0 Å². The molecule has 2 rings (SSSR count). The fraction of sp³-hybridized carbons (Fsp3) is 0.0769. The highest BCUT2D eigenvalue weighted by Crippen LogP contribution is 2.21. The fourth-order valence-corrected chi connectivity index (χ4v) is 2.12. The maximum absolute atomic E-state index is 13.4. The van der Waals surface area contributed by atoms with Gasteiger partial charge in [0.15, 0.2) is 11.6 Å². The van der Waals surface area contributed by atoms with E-state index >= 15 is 0 Å². The molecule has 0 unspecified atom stereocenters. The Kier molecular flexibility index (Phi) is 4.04. The summed E-state index contributed by atoms with van der Waals surface area (Å²) < 4.78 is 26.3. The number of anilines is 1. The summed E-state index contributed by atoms with van der Waals surface area (Å²) in [4.78, 5) is 0. The first-order valence-corrected chi connectivity index (χ1v) is 5.95. The van der Waals surface area contributed by atoms with Crippen molar-refractivity contribution in [3.8, 4) is 0 Å². The van der Waals surface area contributed by atoms with Crippen molar-refractivity contribution in [3.63, 3.8) is 0 Å². The van der Waals surface area contributed by atoms with Gasteiger partial charge in [-0.1, -0.05) is 29.3 Å². The summed E-state index contributed by atoms with van der Waals surface area (Å²) in [6.07, 6.45) is 0. The largest absolute Gasteiger partial charge is 0.379 e. The lowest BCUT2D eigenvalue weighted by Crippen LogP contribution is -2.02. The van der Waals surface area contributed by atoms with Crippen LogP contribution in [-0.2, 0) is 6.54 Å². The molecule has 0 aliphatic rings. The minimum Gasteiger partial charge on any atom is -0.379 e. The lowest BCUT2D eigenvalue weighted by Gasteiger charge is -2.08. The molecule has 2 aromatic rings. The molecule has 0 spiro atoms. The molecule has 0 saturated carbocycles. The van der Waals surface area contributed by atoms with E-state index in [0.29, 0.717) is 16.6 Å². The maximum atomic E-state index is 13.4. The number of hydrogen-bond donors (Lipinski definition) is 1. The van der Waals surface area contributed by atoms with E-state index in [4.69, 9.17) is 23.2 Å². The van der Waals surface area contributed by atoms with Gasteiger partial charge in [-0.2, -0.15) is 0 Å². The minimum atomic E-state index is -0.898. The van der Waals surface area contributed by atoms with Crippen LogP contribution in [0, 0.1) is 11.6 Å². The Hall–Kier alpha value is -1.32. The van der Waals surface area contributed by atoms with Gasteiger partial charge in [0.2, 0.25) is 0 Å². The second-order valence-corrected chi connectivity index (χ2v) is 4.61. The molecular weight excluding hydrogens is 279 g/mol. The van der Waals surface area contributed by atoms with Gasteiger partial charge in [-0.25, -0.2) is 8.78 Å². The Bertz CT molecular complexity index is 553. The summed E-state index contributed by atoms with van der Waals surface area (Å²) in [5, 5.41) is 3.79. The molecule has 1 N–H and O–H groups in total. The standard InChI is InChI=1S/C13H9Cl2F2N/c14-9-4-8(5-10(15)6-9)7-18-12-3-1-2-11(16)13(12)17/h1-6,18H,7H2. The van der Waals surface area contributed by atoms with Crippen LogP contribution in [0.2, 0.25) is 10.0 Å². The molecule has 0 heterocycles. The van der Waals surface area contributed by atoms with Crippen LogP contribution < -0.4 is 5.32 Å². The number of benzene rings is 2. The van der Waals surface area contributed by atoms with Crippen molar-refractivity contribution in [2.45, 2.75) is 6.54 Å². The van der Waals surface area contributed by atoms with Gasteiger partial charge in [-0.3, -0.25) is 0 Å². The lowest BCUT2D eigenvalue weighted by atomic mass is 10.2. The molecule has 94 valence electrons. The second kappa shape index (κ2) is 5.55. The summed E-state index contributed by atoms with van der Waals surface area (Å²) in [6.45, 7) is 0.306. The van der Waals surface area contributed by atoms with Gasteiger partial charge >= 0.3 is 0 Å². The Labute approximate surface area is 113 Å². The molecule has 0 saturated heterocycles. The van der Waals surface area contributed by atoms with Crippen LogP contribution in [0.1, 0.15) is 5.56 Å². The molecule has 2 aromatic carbocycles. The van der Waals surface area contributed by atoms with Crippen molar-refractivity contribution < 1.29 is 8.78 Å². The lowest BCUT2D eigenvalue weighted by molar-refractivity contribution is 0.511. The first kappa shape index (κ1) is 13.1. The summed E-state index contributed by atoms with van der Waals surface area (Å²) in [6, 6.07) is 8.98. The predicted molar refractivity (Wildman–Crippen MR) is 70.1 cm³/mol. The average molecular weight is 288 g/mol. The SMILES string of the molecule is Fc1cccc(NCc2cc(Cl)cc(Cl)c2)c1F. The highest BCUT2D eigenvalue weighted by molar-refractivity contribution is 6.34. The average Bonchev–Trinajstić information content (AvgIpc) is 2.30. The second-order valence-electron chi connectivity index (χ2n) is 3.73. The normalized spacial score (nSPS) is 10.4. The molecular formula is C13H9Cl2F2N. The van der Waals surface area contributed by atoms with Gasteiger partial charge in [0, 0.05) is 16.6 Å². The van der Waals surface area contributed by atoms with Crippen LogP contribution in [0.15, 0.2) is 36.4 Å². The third-order valence-corrected chi connectivity index (χ3v) is 2.79. The zero-order valence-corrected chi connectivity index (χ0v) is 10.7. The molecule has 0 atom stereocenters. The predicted octanol–water partition coefficient (Wildman–Crippen LogP) is 4.88. The molecule has 5 heteroatoms. The molecule has 0 aliphatic heterocycles. The highest BCUT2D eigenvalue weighted by Gasteiger charge is 2.07. The van der Waals surface area contributed by atoms with Crippen molar-refractivity contribution >= 4 is 28.9 Å². The molecule has 0 aliphatic carbocycles. The van der Waals surface area contributed by atoms with E-state index < -0.39 is 11.6 Å². The van der Waals surface area contributed by atoms with Crippen LogP contribution in [0.25, 0.3) is 0 Å². The van der Waals surface area contributed by atoms with E-state index in [1.807, 2.05) is 0 Å².